The smallest absolute Gasteiger partial charge is 0.220 e. The minimum Gasteiger partial charge on any atom is -0.395 e. The van der Waals surface area contributed by atoms with Crippen molar-refractivity contribution in [1.82, 2.24) is 5.32 Å². The molecule has 1 amide bonds. The maximum Gasteiger partial charge on any atom is 0.220 e. The molecule has 2 N–H and O–H groups in total. The Hall–Kier alpha value is -0.220. The maximum atomic E-state index is 12.0. The largest absolute Gasteiger partial charge is 0.395 e. The molecule has 2 fully saturated rings. The van der Waals surface area contributed by atoms with Gasteiger partial charge in [0.15, 0.2) is 0 Å². The zero-order valence-electron chi connectivity index (χ0n) is 11.4. The number of fused-ring (bicyclic) bond motifs is 2. The predicted molar refractivity (Wildman–Crippen MR) is 75.5 cm³/mol. The fourth-order valence-corrected chi connectivity index (χ4v) is 4.33. The van der Waals surface area contributed by atoms with Gasteiger partial charge in [0.1, 0.15) is 0 Å². The van der Waals surface area contributed by atoms with Crippen molar-refractivity contribution >= 4 is 17.7 Å². The SMILES string of the molecule is CSC(CO)C(C)NC(=O)CC1CC2CCC1C2. The molecule has 2 saturated carbocycles. The highest BCUT2D eigenvalue weighted by molar-refractivity contribution is 7.99. The Labute approximate surface area is 114 Å². The van der Waals surface area contributed by atoms with Crippen LogP contribution in [0, 0.1) is 17.8 Å². The van der Waals surface area contributed by atoms with Gasteiger partial charge in [0.2, 0.25) is 5.91 Å². The number of thioether (sulfide) groups is 1. The summed E-state index contributed by atoms with van der Waals surface area (Å²) in [6.07, 6.45) is 8.01. The summed E-state index contributed by atoms with van der Waals surface area (Å²) in [5, 5.41) is 12.4. The lowest BCUT2D eigenvalue weighted by Gasteiger charge is -2.24. The van der Waals surface area contributed by atoms with Crippen LogP contribution < -0.4 is 5.32 Å². The third kappa shape index (κ3) is 3.21. The van der Waals surface area contributed by atoms with Gasteiger partial charge < -0.3 is 10.4 Å². The number of aliphatic hydroxyl groups excluding tert-OH is 1. The Bertz CT molecular complexity index is 294. The minimum absolute atomic E-state index is 0.0519. The first-order valence-electron chi connectivity index (χ1n) is 7.07. The molecule has 5 atom stereocenters. The van der Waals surface area contributed by atoms with E-state index in [1.807, 2.05) is 13.2 Å². The second-order valence-corrected chi connectivity index (χ2v) is 7.03. The number of nitrogens with one attached hydrogen (secondary N) is 1. The van der Waals surface area contributed by atoms with Crippen molar-refractivity contribution in [3.8, 4) is 0 Å². The van der Waals surface area contributed by atoms with Crippen LogP contribution in [0.2, 0.25) is 0 Å². The summed E-state index contributed by atoms with van der Waals surface area (Å²) in [4.78, 5) is 12.0. The van der Waals surface area contributed by atoms with E-state index in [2.05, 4.69) is 5.32 Å². The van der Waals surface area contributed by atoms with Gasteiger partial charge in [-0.15, -0.1) is 0 Å². The Kier molecular flexibility index (Phi) is 4.96. The van der Waals surface area contributed by atoms with Crippen LogP contribution in [0.25, 0.3) is 0 Å². The summed E-state index contributed by atoms with van der Waals surface area (Å²) >= 11 is 1.61. The van der Waals surface area contributed by atoms with Crippen LogP contribution in [-0.4, -0.2) is 35.2 Å². The maximum absolute atomic E-state index is 12.0. The van der Waals surface area contributed by atoms with E-state index < -0.39 is 0 Å². The molecule has 0 aromatic heterocycles. The average molecular weight is 271 g/mol. The van der Waals surface area contributed by atoms with E-state index in [0.717, 1.165) is 11.8 Å². The highest BCUT2D eigenvalue weighted by Crippen LogP contribution is 2.49. The number of carbonyl (C=O) groups is 1. The lowest BCUT2D eigenvalue weighted by molar-refractivity contribution is -0.123. The summed E-state index contributed by atoms with van der Waals surface area (Å²) in [6.45, 7) is 2.10. The lowest BCUT2D eigenvalue weighted by atomic mass is 9.86. The lowest BCUT2D eigenvalue weighted by Crippen LogP contribution is -2.42. The second-order valence-electron chi connectivity index (χ2n) is 5.95. The molecule has 18 heavy (non-hydrogen) atoms. The monoisotopic (exact) mass is 271 g/mol. The molecule has 5 unspecified atom stereocenters. The Morgan fingerprint density at radius 3 is 2.72 bits per heavy atom. The predicted octanol–water partition coefficient (Wildman–Crippen LogP) is 2.04. The Morgan fingerprint density at radius 1 is 1.44 bits per heavy atom. The van der Waals surface area contributed by atoms with Crippen LogP contribution in [0.15, 0.2) is 0 Å². The first kappa shape index (κ1) is 14.2. The van der Waals surface area contributed by atoms with E-state index in [0.29, 0.717) is 12.3 Å². The van der Waals surface area contributed by atoms with Crippen LogP contribution in [0.5, 0.6) is 0 Å². The van der Waals surface area contributed by atoms with Crippen molar-refractivity contribution in [3.63, 3.8) is 0 Å². The van der Waals surface area contributed by atoms with Crippen LogP contribution in [0.3, 0.4) is 0 Å². The molecular weight excluding hydrogens is 246 g/mol. The van der Waals surface area contributed by atoms with Crippen LogP contribution in [0.1, 0.15) is 39.0 Å². The summed E-state index contributed by atoms with van der Waals surface area (Å²) in [6, 6.07) is 0.0519. The van der Waals surface area contributed by atoms with Crippen LogP contribution in [-0.2, 0) is 4.79 Å². The highest BCUT2D eigenvalue weighted by atomic mass is 32.2. The van der Waals surface area contributed by atoms with E-state index in [1.165, 1.54) is 25.7 Å². The standard InChI is InChI=1S/C14H25NO2S/c1-9(13(8-16)18-2)15-14(17)7-12-6-10-3-4-11(12)5-10/h9-13,16H,3-8H2,1-2H3,(H,15,17). The number of rotatable bonds is 6. The van der Waals surface area contributed by atoms with E-state index in [1.54, 1.807) is 11.8 Å². The number of aliphatic hydroxyl groups is 1. The number of hydrogen-bond donors (Lipinski definition) is 2. The van der Waals surface area contributed by atoms with Crippen molar-refractivity contribution in [2.24, 2.45) is 17.8 Å². The van der Waals surface area contributed by atoms with Crippen molar-refractivity contribution in [2.45, 2.75) is 50.3 Å². The molecule has 0 aromatic rings. The second kappa shape index (κ2) is 6.29. The summed E-state index contributed by atoms with van der Waals surface area (Å²) in [5.41, 5.74) is 0. The van der Waals surface area contributed by atoms with E-state index in [-0.39, 0.29) is 23.8 Å². The van der Waals surface area contributed by atoms with Crippen molar-refractivity contribution in [1.29, 1.82) is 0 Å². The molecule has 0 saturated heterocycles. The highest BCUT2D eigenvalue weighted by Gasteiger charge is 2.40. The van der Waals surface area contributed by atoms with Crippen molar-refractivity contribution < 1.29 is 9.90 Å². The number of hydrogen-bond acceptors (Lipinski definition) is 3. The molecule has 2 aliphatic carbocycles. The fourth-order valence-electron chi connectivity index (χ4n) is 3.71. The van der Waals surface area contributed by atoms with Gasteiger partial charge in [-0.25, -0.2) is 0 Å². The van der Waals surface area contributed by atoms with Gasteiger partial charge in [-0.2, -0.15) is 11.8 Å². The van der Waals surface area contributed by atoms with Crippen LogP contribution in [0.4, 0.5) is 0 Å². The first-order valence-corrected chi connectivity index (χ1v) is 8.35. The molecule has 0 spiro atoms. The van der Waals surface area contributed by atoms with Gasteiger partial charge in [-0.3, -0.25) is 4.79 Å². The molecule has 3 nitrogen and oxygen atoms in total. The quantitative estimate of drug-likeness (QED) is 0.777. The normalized spacial score (nSPS) is 33.4. The molecular formula is C14H25NO2S. The molecule has 2 bridgehead atoms. The Morgan fingerprint density at radius 2 is 2.22 bits per heavy atom. The first-order chi connectivity index (χ1) is 8.63. The summed E-state index contributed by atoms with van der Waals surface area (Å²) < 4.78 is 0. The molecule has 0 aliphatic heterocycles. The van der Waals surface area contributed by atoms with E-state index in [9.17, 15) is 9.90 Å². The zero-order chi connectivity index (χ0) is 13.1. The molecule has 4 heteroatoms. The van der Waals surface area contributed by atoms with E-state index >= 15 is 0 Å². The number of carbonyl (C=O) groups excluding carboxylic acids is 1. The number of amides is 1. The third-order valence-corrected chi connectivity index (χ3v) is 5.92. The molecule has 0 radical (unpaired) electrons. The minimum atomic E-state index is 0.0519. The Balaban J connectivity index is 1.75. The molecule has 0 aromatic carbocycles. The molecule has 0 heterocycles. The van der Waals surface area contributed by atoms with Gasteiger partial charge in [0.05, 0.1) is 6.61 Å². The summed E-state index contributed by atoms with van der Waals surface area (Å²) in [7, 11) is 0. The fraction of sp³-hybridized carbons (Fsp3) is 0.929. The van der Waals surface area contributed by atoms with Gasteiger partial charge in [-0.1, -0.05) is 6.42 Å². The van der Waals surface area contributed by atoms with Crippen molar-refractivity contribution in [2.75, 3.05) is 12.9 Å². The third-order valence-electron chi connectivity index (χ3n) is 4.76. The van der Waals surface area contributed by atoms with Gasteiger partial charge in [0, 0.05) is 17.7 Å². The zero-order valence-corrected chi connectivity index (χ0v) is 12.2. The van der Waals surface area contributed by atoms with Gasteiger partial charge >= 0.3 is 0 Å². The average Bonchev–Trinajstić information content (AvgIpc) is 2.92. The van der Waals surface area contributed by atoms with Gasteiger partial charge in [-0.05, 0) is 50.2 Å². The van der Waals surface area contributed by atoms with Crippen LogP contribution >= 0.6 is 11.8 Å². The summed E-state index contributed by atoms with van der Waals surface area (Å²) in [5.74, 6) is 2.51. The van der Waals surface area contributed by atoms with Crippen molar-refractivity contribution in [3.05, 3.63) is 0 Å². The molecule has 104 valence electrons. The van der Waals surface area contributed by atoms with E-state index in [4.69, 9.17) is 0 Å². The molecule has 2 rings (SSSR count). The topological polar surface area (TPSA) is 49.3 Å². The van der Waals surface area contributed by atoms with Gasteiger partial charge in [0.25, 0.3) is 0 Å². The molecule has 2 aliphatic rings.